The van der Waals surface area contributed by atoms with Gasteiger partial charge in [-0.2, -0.15) is 0 Å². The molecular weight excluding hydrogens is 282 g/mol. The van der Waals surface area contributed by atoms with Gasteiger partial charge in [0, 0.05) is 4.47 Å². The Labute approximate surface area is 108 Å². The summed E-state index contributed by atoms with van der Waals surface area (Å²) in [5.74, 6) is 0. The van der Waals surface area contributed by atoms with E-state index >= 15 is 0 Å². The van der Waals surface area contributed by atoms with E-state index in [0.29, 0.717) is 5.69 Å². The molecule has 1 heterocycles. The Morgan fingerprint density at radius 2 is 2.06 bits per heavy atom. The van der Waals surface area contributed by atoms with Gasteiger partial charge in [-0.25, -0.2) is 4.68 Å². The summed E-state index contributed by atoms with van der Waals surface area (Å²) in [4.78, 5) is 0. The lowest BCUT2D eigenvalue weighted by Crippen LogP contribution is -2.15. The molecule has 0 aliphatic rings. The van der Waals surface area contributed by atoms with E-state index < -0.39 is 5.60 Å². The fourth-order valence-electron chi connectivity index (χ4n) is 1.54. The van der Waals surface area contributed by atoms with Gasteiger partial charge in [0.2, 0.25) is 0 Å². The first-order valence-corrected chi connectivity index (χ1v) is 6.09. The van der Waals surface area contributed by atoms with Crippen molar-refractivity contribution in [2.24, 2.45) is 0 Å². The summed E-state index contributed by atoms with van der Waals surface area (Å²) in [5, 5.41) is 17.9. The van der Waals surface area contributed by atoms with E-state index in [9.17, 15) is 5.11 Å². The molecule has 0 aliphatic carbocycles. The molecule has 0 saturated carbocycles. The van der Waals surface area contributed by atoms with Crippen molar-refractivity contribution in [1.29, 1.82) is 0 Å². The fraction of sp³-hybridized carbons (Fsp3) is 0.333. The minimum atomic E-state index is -0.971. The number of rotatable bonds is 2. The lowest BCUT2D eigenvalue weighted by molar-refractivity contribution is 0.0737. The first kappa shape index (κ1) is 12.3. The van der Waals surface area contributed by atoms with Crippen molar-refractivity contribution in [2.45, 2.75) is 26.4 Å². The molecule has 0 atom stereocenters. The van der Waals surface area contributed by atoms with E-state index in [1.807, 2.05) is 25.1 Å². The molecule has 0 saturated heterocycles. The maximum absolute atomic E-state index is 9.84. The van der Waals surface area contributed by atoms with Crippen molar-refractivity contribution in [2.75, 3.05) is 0 Å². The third-order valence-corrected chi connectivity index (χ3v) is 3.02. The molecule has 0 bridgehead atoms. The molecular formula is C12H14BrN3O. The second kappa shape index (κ2) is 4.23. The molecule has 90 valence electrons. The van der Waals surface area contributed by atoms with Crippen molar-refractivity contribution < 1.29 is 5.11 Å². The van der Waals surface area contributed by atoms with Crippen molar-refractivity contribution in [3.8, 4) is 5.69 Å². The van der Waals surface area contributed by atoms with Gasteiger partial charge in [-0.15, -0.1) is 5.10 Å². The molecule has 17 heavy (non-hydrogen) atoms. The van der Waals surface area contributed by atoms with Gasteiger partial charge < -0.3 is 5.11 Å². The lowest BCUT2D eigenvalue weighted by Gasteiger charge is -2.12. The van der Waals surface area contributed by atoms with Crippen LogP contribution < -0.4 is 0 Å². The number of halogens is 1. The van der Waals surface area contributed by atoms with E-state index in [4.69, 9.17) is 0 Å². The molecule has 0 fully saturated rings. The summed E-state index contributed by atoms with van der Waals surface area (Å²) in [7, 11) is 0. The number of aryl methyl sites for hydroxylation is 1. The molecule has 4 nitrogen and oxygen atoms in total. The molecule has 1 aromatic heterocycles. The Kier molecular flexibility index (Phi) is 3.05. The minimum absolute atomic E-state index is 0.555. The van der Waals surface area contributed by atoms with E-state index in [2.05, 4.69) is 26.2 Å². The Hall–Kier alpha value is -1.20. The largest absolute Gasteiger partial charge is 0.384 e. The smallest absolute Gasteiger partial charge is 0.114 e. The Morgan fingerprint density at radius 1 is 1.35 bits per heavy atom. The fourth-order valence-corrected chi connectivity index (χ4v) is 2.01. The van der Waals surface area contributed by atoms with Gasteiger partial charge >= 0.3 is 0 Å². The van der Waals surface area contributed by atoms with Crippen LogP contribution in [0.4, 0.5) is 0 Å². The van der Waals surface area contributed by atoms with Crippen LogP contribution in [0.15, 0.2) is 28.9 Å². The van der Waals surface area contributed by atoms with Gasteiger partial charge in [-0.05, 0) is 44.5 Å². The number of benzene rings is 1. The topological polar surface area (TPSA) is 50.9 Å². The van der Waals surface area contributed by atoms with Crippen molar-refractivity contribution in [3.63, 3.8) is 0 Å². The highest BCUT2D eigenvalue weighted by atomic mass is 79.9. The number of nitrogens with zero attached hydrogens (tertiary/aromatic N) is 3. The highest BCUT2D eigenvalue weighted by molar-refractivity contribution is 9.10. The second-order valence-electron chi connectivity index (χ2n) is 4.54. The number of aliphatic hydroxyl groups is 1. The second-order valence-corrected chi connectivity index (χ2v) is 5.45. The lowest BCUT2D eigenvalue weighted by atomic mass is 10.1. The van der Waals surface area contributed by atoms with Crippen LogP contribution in [0.25, 0.3) is 5.69 Å². The SMILES string of the molecule is Cc1cc(Br)ccc1-n1cc(C(C)(C)O)nn1. The first-order valence-electron chi connectivity index (χ1n) is 5.29. The number of hydrogen-bond acceptors (Lipinski definition) is 3. The maximum atomic E-state index is 9.84. The van der Waals surface area contributed by atoms with Crippen molar-refractivity contribution >= 4 is 15.9 Å². The van der Waals surface area contributed by atoms with Crippen LogP contribution >= 0.6 is 15.9 Å². The molecule has 0 radical (unpaired) electrons. The van der Waals surface area contributed by atoms with E-state index in [1.54, 1.807) is 24.7 Å². The summed E-state index contributed by atoms with van der Waals surface area (Å²) in [6.45, 7) is 5.39. The van der Waals surface area contributed by atoms with Gasteiger partial charge in [-0.1, -0.05) is 21.1 Å². The van der Waals surface area contributed by atoms with Crippen molar-refractivity contribution in [3.05, 3.63) is 40.1 Å². The van der Waals surface area contributed by atoms with E-state index in [0.717, 1.165) is 15.7 Å². The molecule has 2 rings (SSSR count). The van der Waals surface area contributed by atoms with Crippen LogP contribution in [-0.4, -0.2) is 20.1 Å². The predicted molar refractivity (Wildman–Crippen MR) is 69.0 cm³/mol. The molecule has 1 N–H and O–H groups in total. The van der Waals surface area contributed by atoms with Crippen LogP contribution in [0.5, 0.6) is 0 Å². The monoisotopic (exact) mass is 295 g/mol. The Balaban J connectivity index is 2.44. The molecule has 0 amide bonds. The van der Waals surface area contributed by atoms with Crippen molar-refractivity contribution in [1.82, 2.24) is 15.0 Å². The summed E-state index contributed by atoms with van der Waals surface area (Å²) < 4.78 is 2.70. The Bertz CT molecular complexity index is 543. The predicted octanol–water partition coefficient (Wildman–Crippen LogP) is 2.57. The zero-order valence-corrected chi connectivity index (χ0v) is 11.6. The summed E-state index contributed by atoms with van der Waals surface area (Å²) >= 11 is 3.42. The van der Waals surface area contributed by atoms with Crippen LogP contribution in [0, 0.1) is 6.92 Å². The summed E-state index contributed by atoms with van der Waals surface area (Å²) in [6, 6.07) is 5.93. The highest BCUT2D eigenvalue weighted by Crippen LogP contribution is 2.21. The average Bonchev–Trinajstić information content (AvgIpc) is 2.65. The standard InChI is InChI=1S/C12H14BrN3O/c1-8-6-9(13)4-5-10(8)16-7-11(14-15-16)12(2,3)17/h4-7,17H,1-3H3. The molecule has 0 unspecified atom stereocenters. The third kappa shape index (κ3) is 2.56. The van der Waals surface area contributed by atoms with Crippen LogP contribution in [0.2, 0.25) is 0 Å². The molecule has 2 aromatic rings. The summed E-state index contributed by atoms with van der Waals surface area (Å²) in [6.07, 6.45) is 1.75. The quantitative estimate of drug-likeness (QED) is 0.926. The zero-order chi connectivity index (χ0) is 12.6. The Morgan fingerprint density at radius 3 is 2.59 bits per heavy atom. The molecule has 1 aromatic carbocycles. The zero-order valence-electron chi connectivity index (χ0n) is 9.98. The molecule has 0 aliphatic heterocycles. The van der Waals surface area contributed by atoms with Gasteiger partial charge in [0.1, 0.15) is 11.3 Å². The summed E-state index contributed by atoms with van der Waals surface area (Å²) in [5.41, 5.74) is 1.63. The highest BCUT2D eigenvalue weighted by Gasteiger charge is 2.20. The van der Waals surface area contributed by atoms with Gasteiger partial charge in [0.25, 0.3) is 0 Å². The van der Waals surface area contributed by atoms with Crippen LogP contribution in [0.3, 0.4) is 0 Å². The number of hydrogen-bond donors (Lipinski definition) is 1. The number of aromatic nitrogens is 3. The van der Waals surface area contributed by atoms with Crippen LogP contribution in [0.1, 0.15) is 25.1 Å². The van der Waals surface area contributed by atoms with E-state index in [-0.39, 0.29) is 0 Å². The van der Waals surface area contributed by atoms with Gasteiger partial charge in [0.05, 0.1) is 11.9 Å². The molecule has 5 heteroatoms. The van der Waals surface area contributed by atoms with Crippen LogP contribution in [-0.2, 0) is 5.60 Å². The average molecular weight is 296 g/mol. The molecule has 0 spiro atoms. The van der Waals surface area contributed by atoms with Gasteiger partial charge in [-0.3, -0.25) is 0 Å². The third-order valence-electron chi connectivity index (χ3n) is 2.53. The first-order chi connectivity index (χ1) is 7.88. The van der Waals surface area contributed by atoms with E-state index in [1.165, 1.54) is 0 Å². The minimum Gasteiger partial charge on any atom is -0.384 e. The van der Waals surface area contributed by atoms with Gasteiger partial charge in [0.15, 0.2) is 0 Å². The normalized spacial score (nSPS) is 11.8. The maximum Gasteiger partial charge on any atom is 0.114 e.